The normalized spacial score (nSPS) is 9.80. The number of rotatable bonds is 3. The molecule has 0 aliphatic heterocycles. The third kappa shape index (κ3) is 2.62. The van der Waals surface area contributed by atoms with Crippen molar-refractivity contribution in [2.24, 2.45) is 0 Å². The Labute approximate surface area is 112 Å². The van der Waals surface area contributed by atoms with Crippen molar-refractivity contribution >= 4 is 23.0 Å². The van der Waals surface area contributed by atoms with E-state index in [0.717, 1.165) is 12.1 Å². The van der Waals surface area contributed by atoms with E-state index in [-0.39, 0.29) is 28.6 Å². The number of nitrogens with zero attached hydrogens (tertiary/aromatic N) is 3. The van der Waals surface area contributed by atoms with Crippen LogP contribution in [0, 0.1) is 27.3 Å². The fraction of sp³-hybridized carbons (Fsp3) is 0. The molecule has 8 heteroatoms. The molecule has 1 heterocycles. The highest BCUT2D eigenvalue weighted by Crippen LogP contribution is 2.28. The molecule has 3 N–H and O–H groups in total. The summed E-state index contributed by atoms with van der Waals surface area (Å²) in [7, 11) is 0. The lowest BCUT2D eigenvalue weighted by Crippen LogP contribution is -2.03. The van der Waals surface area contributed by atoms with Crippen LogP contribution >= 0.6 is 0 Å². The molecular weight excluding hydrogens is 265 g/mol. The highest BCUT2D eigenvalue weighted by atomic mass is 19.1. The molecule has 2 aromatic rings. The average molecular weight is 273 g/mol. The van der Waals surface area contributed by atoms with Crippen molar-refractivity contribution in [3.05, 3.63) is 51.8 Å². The summed E-state index contributed by atoms with van der Waals surface area (Å²) in [6, 6.07) is 7.71. The van der Waals surface area contributed by atoms with Crippen LogP contribution in [0.15, 0.2) is 30.3 Å². The van der Waals surface area contributed by atoms with Crippen LogP contribution in [0.25, 0.3) is 0 Å². The van der Waals surface area contributed by atoms with Gasteiger partial charge in [0.2, 0.25) is 5.82 Å². The number of aromatic nitrogens is 1. The second-order valence-electron chi connectivity index (χ2n) is 3.79. The van der Waals surface area contributed by atoms with E-state index in [1.54, 1.807) is 6.07 Å². The number of pyridine rings is 1. The molecule has 0 aliphatic rings. The summed E-state index contributed by atoms with van der Waals surface area (Å²) >= 11 is 0. The van der Waals surface area contributed by atoms with E-state index in [2.05, 4.69) is 10.3 Å². The van der Waals surface area contributed by atoms with Crippen molar-refractivity contribution in [2.75, 3.05) is 11.1 Å². The SMILES string of the molecule is N#Cc1cc(F)ccc1Nc1nc(N)ccc1[N+](=O)[O-]. The molecule has 100 valence electrons. The third-order valence-corrected chi connectivity index (χ3v) is 2.45. The lowest BCUT2D eigenvalue weighted by atomic mass is 10.2. The molecule has 0 amide bonds. The number of hydrogen-bond donors (Lipinski definition) is 2. The minimum Gasteiger partial charge on any atom is -0.384 e. The topological polar surface area (TPSA) is 118 Å². The lowest BCUT2D eigenvalue weighted by Gasteiger charge is -2.08. The molecule has 0 radical (unpaired) electrons. The first-order chi connectivity index (χ1) is 9.51. The van der Waals surface area contributed by atoms with Gasteiger partial charge in [-0.1, -0.05) is 0 Å². The Kier molecular flexibility index (Phi) is 3.43. The van der Waals surface area contributed by atoms with E-state index in [4.69, 9.17) is 11.0 Å². The first-order valence-corrected chi connectivity index (χ1v) is 5.39. The van der Waals surface area contributed by atoms with Crippen LogP contribution in [0.1, 0.15) is 5.56 Å². The summed E-state index contributed by atoms with van der Waals surface area (Å²) < 4.78 is 13.0. The predicted molar refractivity (Wildman–Crippen MR) is 69.7 cm³/mol. The van der Waals surface area contributed by atoms with Crippen LogP contribution in [-0.2, 0) is 0 Å². The Bertz CT molecular complexity index is 726. The maximum absolute atomic E-state index is 13.0. The third-order valence-electron chi connectivity index (χ3n) is 2.45. The minimum atomic E-state index is -0.635. The molecule has 0 aliphatic carbocycles. The number of nitrogens with one attached hydrogen (secondary N) is 1. The zero-order valence-corrected chi connectivity index (χ0v) is 10.0. The molecule has 0 saturated carbocycles. The maximum atomic E-state index is 13.0. The van der Waals surface area contributed by atoms with E-state index in [1.165, 1.54) is 18.2 Å². The highest BCUT2D eigenvalue weighted by molar-refractivity contribution is 5.71. The van der Waals surface area contributed by atoms with Gasteiger partial charge >= 0.3 is 5.69 Å². The zero-order valence-electron chi connectivity index (χ0n) is 10.0. The predicted octanol–water partition coefficient (Wildman–Crippen LogP) is 2.33. The molecule has 0 fully saturated rings. The monoisotopic (exact) mass is 273 g/mol. The molecule has 2 rings (SSSR count). The van der Waals surface area contributed by atoms with Gasteiger partial charge < -0.3 is 11.1 Å². The van der Waals surface area contributed by atoms with Crippen molar-refractivity contribution in [3.8, 4) is 6.07 Å². The summed E-state index contributed by atoms with van der Waals surface area (Å²) in [6.07, 6.45) is 0. The van der Waals surface area contributed by atoms with Crippen LogP contribution in [0.2, 0.25) is 0 Å². The van der Waals surface area contributed by atoms with Gasteiger partial charge in [-0.15, -0.1) is 0 Å². The summed E-state index contributed by atoms with van der Waals surface area (Å²) in [5, 5.41) is 22.4. The van der Waals surface area contributed by atoms with E-state index in [9.17, 15) is 14.5 Å². The average Bonchev–Trinajstić information content (AvgIpc) is 2.40. The van der Waals surface area contributed by atoms with E-state index in [1.807, 2.05) is 0 Å². The van der Waals surface area contributed by atoms with Crippen molar-refractivity contribution in [1.82, 2.24) is 4.98 Å². The van der Waals surface area contributed by atoms with Crippen LogP contribution in [0.4, 0.5) is 27.4 Å². The fourth-order valence-corrected chi connectivity index (χ4v) is 1.55. The van der Waals surface area contributed by atoms with Crippen LogP contribution in [-0.4, -0.2) is 9.91 Å². The summed E-state index contributed by atoms with van der Waals surface area (Å²) in [5.41, 5.74) is 5.39. The second kappa shape index (κ2) is 5.19. The molecule has 0 spiro atoms. The first-order valence-electron chi connectivity index (χ1n) is 5.39. The molecule has 7 nitrogen and oxygen atoms in total. The number of anilines is 3. The van der Waals surface area contributed by atoms with Crippen molar-refractivity contribution in [2.45, 2.75) is 0 Å². The van der Waals surface area contributed by atoms with Gasteiger partial charge in [0.05, 0.1) is 16.2 Å². The smallest absolute Gasteiger partial charge is 0.311 e. The quantitative estimate of drug-likeness (QED) is 0.654. The van der Waals surface area contributed by atoms with E-state index in [0.29, 0.717) is 0 Å². The van der Waals surface area contributed by atoms with Gasteiger partial charge in [-0.05, 0) is 24.3 Å². The van der Waals surface area contributed by atoms with Gasteiger partial charge in [-0.3, -0.25) is 10.1 Å². The lowest BCUT2D eigenvalue weighted by molar-refractivity contribution is -0.384. The maximum Gasteiger partial charge on any atom is 0.311 e. The number of benzene rings is 1. The van der Waals surface area contributed by atoms with Crippen molar-refractivity contribution in [3.63, 3.8) is 0 Å². The molecule has 0 saturated heterocycles. The number of nitrogens with two attached hydrogens (primary N) is 1. The molecule has 20 heavy (non-hydrogen) atoms. The molecule has 1 aromatic carbocycles. The number of halogens is 1. The van der Waals surface area contributed by atoms with Gasteiger partial charge in [-0.25, -0.2) is 9.37 Å². The van der Waals surface area contributed by atoms with Crippen molar-refractivity contribution < 1.29 is 9.31 Å². The van der Waals surface area contributed by atoms with E-state index < -0.39 is 10.7 Å². The molecule has 0 atom stereocenters. The largest absolute Gasteiger partial charge is 0.384 e. The highest BCUT2D eigenvalue weighted by Gasteiger charge is 2.17. The van der Waals surface area contributed by atoms with Gasteiger partial charge in [0.15, 0.2) is 0 Å². The van der Waals surface area contributed by atoms with Crippen LogP contribution in [0.3, 0.4) is 0 Å². The Balaban J connectivity index is 2.47. The van der Waals surface area contributed by atoms with Gasteiger partial charge in [0, 0.05) is 6.07 Å². The second-order valence-corrected chi connectivity index (χ2v) is 3.79. The number of hydrogen-bond acceptors (Lipinski definition) is 6. The van der Waals surface area contributed by atoms with Crippen LogP contribution in [0.5, 0.6) is 0 Å². The number of nitriles is 1. The Morgan fingerprint density at radius 1 is 1.40 bits per heavy atom. The minimum absolute atomic E-state index is 0.00326. The van der Waals surface area contributed by atoms with Gasteiger partial charge in [0.25, 0.3) is 0 Å². The summed E-state index contributed by atoms with van der Waals surface area (Å²) in [5.74, 6) is -0.612. The van der Waals surface area contributed by atoms with Gasteiger partial charge in [0.1, 0.15) is 17.7 Å². The molecular formula is C12H8FN5O2. The summed E-state index contributed by atoms with van der Waals surface area (Å²) in [6.45, 7) is 0. The van der Waals surface area contributed by atoms with Gasteiger partial charge in [-0.2, -0.15) is 5.26 Å². The van der Waals surface area contributed by atoms with Crippen LogP contribution < -0.4 is 11.1 Å². The standard InChI is InChI=1S/C12H8FN5O2/c13-8-1-2-9(7(5-8)6-14)16-12-10(18(19)20)3-4-11(15)17-12/h1-5H,(H3,15,16,17). The Hall–Kier alpha value is -3.21. The fourth-order valence-electron chi connectivity index (χ4n) is 1.55. The molecule has 1 aromatic heterocycles. The van der Waals surface area contributed by atoms with Crippen molar-refractivity contribution in [1.29, 1.82) is 5.26 Å². The number of nitro groups is 1. The Morgan fingerprint density at radius 2 is 2.15 bits per heavy atom. The number of nitrogen functional groups attached to an aromatic ring is 1. The first kappa shape index (κ1) is 13.2. The molecule has 0 unspecified atom stereocenters. The molecule has 0 bridgehead atoms. The zero-order chi connectivity index (χ0) is 14.7. The Morgan fingerprint density at radius 3 is 2.80 bits per heavy atom. The van der Waals surface area contributed by atoms with E-state index >= 15 is 0 Å². The summed E-state index contributed by atoms with van der Waals surface area (Å²) in [4.78, 5) is 14.1.